The fourth-order valence-corrected chi connectivity index (χ4v) is 1.54. The van der Waals surface area contributed by atoms with E-state index in [2.05, 4.69) is 14.9 Å². The van der Waals surface area contributed by atoms with Crippen molar-refractivity contribution in [2.45, 2.75) is 24.7 Å². The van der Waals surface area contributed by atoms with Crippen LogP contribution in [0.5, 0.6) is 0 Å². The molecule has 0 aromatic rings. The summed E-state index contributed by atoms with van der Waals surface area (Å²) in [5.74, 6) is -6.87. The van der Waals surface area contributed by atoms with E-state index in [1.165, 1.54) is 0 Å². The quantitative estimate of drug-likeness (QED) is 0.429. The van der Waals surface area contributed by atoms with Crippen LogP contribution in [-0.2, 0) is 23.4 Å². The second-order valence-corrected chi connectivity index (χ2v) is 9.87. The molecule has 2 atom stereocenters. The summed E-state index contributed by atoms with van der Waals surface area (Å²) in [5, 5.41) is 8.06. The van der Waals surface area contributed by atoms with Gasteiger partial charge < -0.3 is 5.11 Å². The van der Waals surface area contributed by atoms with Gasteiger partial charge in [0.2, 0.25) is 9.05 Å². The largest absolute Gasteiger partial charge is 0.396 e. The molecule has 2 saturated carbocycles. The summed E-state index contributed by atoms with van der Waals surface area (Å²) in [5.41, 5.74) is 0. The number of hydrogen-bond acceptors (Lipinski definition) is 6. The zero-order valence-corrected chi connectivity index (χ0v) is 14.6. The van der Waals surface area contributed by atoms with Crippen LogP contribution in [0, 0.1) is 11.8 Å². The summed E-state index contributed by atoms with van der Waals surface area (Å²) in [4.78, 5) is 0. The Balaban J connectivity index is 0.000000347. The highest BCUT2D eigenvalue weighted by molar-refractivity contribution is 8.13. The molecular formula is C10H17ClF4O6S2. The van der Waals surface area contributed by atoms with Gasteiger partial charge in [-0.1, -0.05) is 0 Å². The number of alkyl halides is 4. The third kappa shape index (κ3) is 12.9. The zero-order chi connectivity index (χ0) is 18.7. The maximum absolute atomic E-state index is 12.1. The Morgan fingerprint density at radius 1 is 1.04 bits per heavy atom. The molecular weight excluding hydrogens is 392 g/mol. The molecule has 0 spiro atoms. The lowest BCUT2D eigenvalue weighted by Crippen LogP contribution is -2.08. The van der Waals surface area contributed by atoms with Crippen molar-refractivity contribution < 1.29 is 43.7 Å². The molecule has 2 aliphatic rings. The Hall–Kier alpha value is -0.170. The van der Waals surface area contributed by atoms with Gasteiger partial charge in [0.15, 0.2) is 0 Å². The van der Waals surface area contributed by atoms with E-state index in [0.29, 0.717) is 0 Å². The van der Waals surface area contributed by atoms with E-state index in [1.54, 1.807) is 0 Å². The summed E-state index contributed by atoms with van der Waals surface area (Å²) in [6, 6.07) is 0. The van der Waals surface area contributed by atoms with Gasteiger partial charge in [0.1, 0.15) is 0 Å². The third-order valence-electron chi connectivity index (χ3n) is 2.62. The Morgan fingerprint density at radius 3 is 1.48 bits per heavy atom. The minimum atomic E-state index is -3.56. The molecule has 2 rings (SSSR count). The maximum atomic E-state index is 12.1. The van der Waals surface area contributed by atoms with Crippen LogP contribution < -0.4 is 0 Å². The molecule has 0 aromatic carbocycles. The number of aliphatic hydroxyl groups is 1. The van der Waals surface area contributed by atoms with E-state index in [0.717, 1.165) is 12.5 Å². The van der Waals surface area contributed by atoms with Crippen LogP contribution in [0.2, 0.25) is 0 Å². The van der Waals surface area contributed by atoms with Gasteiger partial charge in [0.25, 0.3) is 22.0 Å². The highest BCUT2D eigenvalue weighted by atomic mass is 35.7. The van der Waals surface area contributed by atoms with Gasteiger partial charge in [-0.2, -0.15) is 8.42 Å². The van der Waals surface area contributed by atoms with E-state index in [9.17, 15) is 34.4 Å². The Bertz CT molecular complexity index is 584. The van der Waals surface area contributed by atoms with Gasteiger partial charge >= 0.3 is 0 Å². The molecule has 6 nitrogen and oxygen atoms in total. The average Bonchev–Trinajstić information content (AvgIpc) is 3.09. The Kier molecular flexibility index (Phi) is 7.75. The first-order chi connectivity index (χ1) is 9.98. The molecule has 0 radical (unpaired) electrons. The van der Waals surface area contributed by atoms with Crippen LogP contribution >= 0.6 is 10.7 Å². The van der Waals surface area contributed by atoms with Crippen LogP contribution in [0.3, 0.4) is 0 Å². The fraction of sp³-hybridized carbons (Fsp3) is 1.00. The predicted molar refractivity (Wildman–Crippen MR) is 74.7 cm³/mol. The molecule has 0 heterocycles. The molecule has 23 heavy (non-hydrogen) atoms. The lowest BCUT2D eigenvalue weighted by molar-refractivity contribution is 0.0820. The number of aliphatic hydroxyl groups excluding tert-OH is 1. The summed E-state index contributed by atoms with van der Waals surface area (Å²) >= 11 is 0. The van der Waals surface area contributed by atoms with Crippen LogP contribution in [0.1, 0.15) is 12.8 Å². The van der Waals surface area contributed by atoms with E-state index in [4.69, 9.17) is 5.11 Å². The normalized spacial score (nSPS) is 27.0. The summed E-state index contributed by atoms with van der Waals surface area (Å²) in [7, 11) is -2.25. The molecule has 2 fully saturated rings. The van der Waals surface area contributed by atoms with Gasteiger partial charge in [-0.3, -0.25) is 4.18 Å². The number of rotatable bonds is 4. The summed E-state index contributed by atoms with van der Waals surface area (Å²) in [6.07, 6.45) is 1.38. The van der Waals surface area contributed by atoms with Crippen molar-refractivity contribution in [3.05, 3.63) is 0 Å². The minimum Gasteiger partial charge on any atom is -0.396 e. The smallest absolute Gasteiger partial charge is 0.264 e. The van der Waals surface area contributed by atoms with E-state index < -0.39 is 49.5 Å². The average molecular weight is 409 g/mol. The molecule has 1 N–H and O–H groups in total. The lowest BCUT2D eigenvalue weighted by Gasteiger charge is -1.98. The topological polar surface area (TPSA) is 97.7 Å². The highest BCUT2D eigenvalue weighted by Crippen LogP contribution is 2.48. The molecule has 0 bridgehead atoms. The fourth-order valence-electron chi connectivity index (χ4n) is 1.12. The standard InChI is InChI=1S/C5H8F2O3S.C4H6F2O.CH3ClO2S/c1-11(8,9)10-3-4-2-5(4,6)7;5-4(6)1-3(4)2-7;1-5(2,3)4/h4H,2-3H2,1H3;3,7H,1-2H2;1H3/t4-;3-;/m00./s1. The number of halogens is 5. The monoisotopic (exact) mass is 408 g/mol. The van der Waals surface area contributed by atoms with E-state index in [-0.39, 0.29) is 19.4 Å². The molecule has 13 heteroatoms. The van der Waals surface area contributed by atoms with Gasteiger partial charge in [0, 0.05) is 23.5 Å². The van der Waals surface area contributed by atoms with Crippen LogP contribution in [0.15, 0.2) is 0 Å². The van der Waals surface area contributed by atoms with Crippen molar-refractivity contribution in [2.24, 2.45) is 11.8 Å². The SMILES string of the molecule is CS(=O)(=O)Cl.CS(=O)(=O)OC[C@@H]1CC1(F)F.OC[C@@H]1CC1(F)F. The maximum Gasteiger partial charge on any atom is 0.264 e. The van der Waals surface area contributed by atoms with E-state index in [1.807, 2.05) is 0 Å². The van der Waals surface area contributed by atoms with Crippen molar-refractivity contribution in [2.75, 3.05) is 25.7 Å². The first-order valence-corrected chi connectivity index (χ1v) is 10.6. The molecule has 2 aliphatic carbocycles. The first-order valence-electron chi connectivity index (χ1n) is 6.08. The lowest BCUT2D eigenvalue weighted by atomic mass is 10.5. The second kappa shape index (κ2) is 7.81. The van der Waals surface area contributed by atoms with Gasteiger partial charge in [-0.05, 0) is 0 Å². The summed E-state index contributed by atoms with van der Waals surface area (Å²) in [6.45, 7) is -0.765. The first kappa shape index (κ1) is 22.8. The van der Waals surface area contributed by atoms with Crippen molar-refractivity contribution >= 4 is 29.9 Å². The summed E-state index contributed by atoms with van der Waals surface area (Å²) < 4.78 is 91.1. The van der Waals surface area contributed by atoms with Crippen LogP contribution in [0.4, 0.5) is 17.6 Å². The van der Waals surface area contributed by atoms with E-state index >= 15 is 0 Å². The Morgan fingerprint density at radius 2 is 1.35 bits per heavy atom. The van der Waals surface area contributed by atoms with Crippen LogP contribution in [0.25, 0.3) is 0 Å². The van der Waals surface area contributed by atoms with Crippen LogP contribution in [-0.4, -0.2) is 59.5 Å². The molecule has 0 amide bonds. The zero-order valence-electron chi connectivity index (χ0n) is 12.2. The highest BCUT2D eigenvalue weighted by Gasteiger charge is 2.57. The molecule has 0 unspecified atom stereocenters. The molecule has 140 valence electrons. The van der Waals surface area contributed by atoms with Crippen molar-refractivity contribution in [3.63, 3.8) is 0 Å². The predicted octanol–water partition coefficient (Wildman–Crippen LogP) is 1.44. The number of hydrogen-bond donors (Lipinski definition) is 1. The van der Waals surface area contributed by atoms with Gasteiger partial charge in [0.05, 0.1) is 37.6 Å². The van der Waals surface area contributed by atoms with Crippen molar-refractivity contribution in [1.29, 1.82) is 0 Å². The van der Waals surface area contributed by atoms with Crippen molar-refractivity contribution in [3.8, 4) is 0 Å². The third-order valence-corrected chi connectivity index (χ3v) is 3.18. The molecule has 0 aliphatic heterocycles. The molecule has 0 aromatic heterocycles. The second-order valence-electron chi connectivity index (χ2n) is 5.18. The van der Waals surface area contributed by atoms with Gasteiger partial charge in [-0.15, -0.1) is 0 Å². The molecule has 0 saturated heterocycles. The Labute approximate surface area is 136 Å². The minimum absolute atomic E-state index is 0.122. The van der Waals surface area contributed by atoms with Gasteiger partial charge in [-0.25, -0.2) is 26.0 Å². The van der Waals surface area contributed by atoms with Crippen molar-refractivity contribution in [1.82, 2.24) is 0 Å².